The second-order valence-corrected chi connectivity index (χ2v) is 8.92. The van der Waals surface area contributed by atoms with Crippen LogP contribution in [0.2, 0.25) is 0 Å². The van der Waals surface area contributed by atoms with Crippen molar-refractivity contribution in [3.05, 3.63) is 58.2 Å². The lowest BCUT2D eigenvalue weighted by Crippen LogP contribution is -2.38. The molecule has 1 aromatic carbocycles. The number of hydrogen-bond acceptors (Lipinski definition) is 5. The predicted molar refractivity (Wildman–Crippen MR) is 120 cm³/mol. The molecule has 30 heavy (non-hydrogen) atoms. The Labute approximate surface area is 178 Å². The molecule has 3 heterocycles. The molecule has 0 radical (unpaired) electrons. The summed E-state index contributed by atoms with van der Waals surface area (Å²) >= 11 is 1.41. The molecular weight excluding hydrogens is 398 g/mol. The maximum absolute atomic E-state index is 12.9. The summed E-state index contributed by atoms with van der Waals surface area (Å²) in [6, 6.07) is 9.65. The van der Waals surface area contributed by atoms with E-state index in [1.54, 1.807) is 6.07 Å². The lowest BCUT2D eigenvalue weighted by Gasteiger charge is -2.25. The second kappa shape index (κ2) is 8.02. The van der Waals surface area contributed by atoms with E-state index in [1.165, 1.54) is 22.2 Å². The molecule has 156 valence electrons. The highest BCUT2D eigenvalue weighted by atomic mass is 32.1. The van der Waals surface area contributed by atoms with E-state index < -0.39 is 0 Å². The van der Waals surface area contributed by atoms with Crippen molar-refractivity contribution in [1.82, 2.24) is 24.4 Å². The van der Waals surface area contributed by atoms with Gasteiger partial charge in [0.15, 0.2) is 0 Å². The van der Waals surface area contributed by atoms with E-state index in [0.29, 0.717) is 10.2 Å². The van der Waals surface area contributed by atoms with Crippen LogP contribution < -0.4 is 10.9 Å². The maximum Gasteiger partial charge on any atom is 0.262 e. The van der Waals surface area contributed by atoms with Crippen molar-refractivity contribution in [3.63, 3.8) is 0 Å². The Kier molecular flexibility index (Phi) is 5.42. The first-order valence-electron chi connectivity index (χ1n) is 10.1. The van der Waals surface area contributed by atoms with E-state index >= 15 is 0 Å². The monoisotopic (exact) mass is 423 g/mol. The normalized spacial score (nSPS) is 12.9. The molecule has 0 saturated heterocycles. The summed E-state index contributed by atoms with van der Waals surface area (Å²) < 4.78 is 3.53. The zero-order valence-electron chi connectivity index (χ0n) is 17.5. The summed E-state index contributed by atoms with van der Waals surface area (Å²) in [6.45, 7) is 8.25. The van der Waals surface area contributed by atoms with Gasteiger partial charge < -0.3 is 9.88 Å². The third-order valence-electron chi connectivity index (χ3n) is 5.17. The van der Waals surface area contributed by atoms with E-state index in [-0.39, 0.29) is 36.0 Å². The van der Waals surface area contributed by atoms with Crippen molar-refractivity contribution < 1.29 is 4.79 Å². The zero-order valence-corrected chi connectivity index (χ0v) is 18.3. The third-order valence-corrected chi connectivity index (χ3v) is 5.99. The molecule has 4 aromatic rings. The van der Waals surface area contributed by atoms with Crippen molar-refractivity contribution in [1.29, 1.82) is 0 Å². The summed E-state index contributed by atoms with van der Waals surface area (Å²) in [5, 5.41) is 5.47. The third kappa shape index (κ3) is 3.63. The van der Waals surface area contributed by atoms with Gasteiger partial charge in [0.25, 0.3) is 5.56 Å². The van der Waals surface area contributed by atoms with Crippen molar-refractivity contribution in [2.24, 2.45) is 5.92 Å². The Bertz CT molecular complexity index is 1270. The molecule has 0 bridgehead atoms. The summed E-state index contributed by atoms with van der Waals surface area (Å²) in [7, 11) is 0. The number of nitrogens with zero attached hydrogens (tertiary/aromatic N) is 4. The van der Waals surface area contributed by atoms with Crippen molar-refractivity contribution >= 4 is 38.5 Å². The Morgan fingerprint density at radius 2 is 1.93 bits per heavy atom. The molecule has 0 spiro atoms. The Balaban J connectivity index is 1.65. The van der Waals surface area contributed by atoms with Crippen LogP contribution in [0, 0.1) is 5.92 Å². The van der Waals surface area contributed by atoms with Crippen LogP contribution in [0.15, 0.2) is 46.8 Å². The van der Waals surface area contributed by atoms with Crippen LogP contribution in [-0.4, -0.2) is 25.0 Å². The molecular formula is C22H25N5O2S. The summed E-state index contributed by atoms with van der Waals surface area (Å²) in [6.07, 6.45) is 1.44. The molecule has 1 amide bonds. The van der Waals surface area contributed by atoms with Crippen LogP contribution in [0.4, 0.5) is 0 Å². The van der Waals surface area contributed by atoms with Crippen LogP contribution in [-0.2, 0) is 11.3 Å². The van der Waals surface area contributed by atoms with Crippen LogP contribution in [0.3, 0.4) is 0 Å². The predicted octanol–water partition coefficient (Wildman–Crippen LogP) is 3.90. The molecule has 4 rings (SSSR count). The largest absolute Gasteiger partial charge is 0.344 e. The van der Waals surface area contributed by atoms with Gasteiger partial charge in [0, 0.05) is 6.04 Å². The molecule has 0 aliphatic rings. The number of nitrogens with one attached hydrogen (secondary N) is 1. The van der Waals surface area contributed by atoms with E-state index in [0.717, 1.165) is 16.9 Å². The van der Waals surface area contributed by atoms with Gasteiger partial charge in [0.2, 0.25) is 5.91 Å². The molecule has 0 aliphatic carbocycles. The topological polar surface area (TPSA) is 81.8 Å². The van der Waals surface area contributed by atoms with E-state index in [2.05, 4.69) is 42.6 Å². The lowest BCUT2D eigenvalue weighted by atomic mass is 10.0. The maximum atomic E-state index is 12.9. The highest BCUT2D eigenvalue weighted by Gasteiger charge is 2.26. The first-order chi connectivity index (χ1) is 14.4. The fraction of sp³-hybridized carbons (Fsp3) is 0.364. The SMILES string of the molecule is CC(C)C(NC(=O)Cn1cnc2sccc2c1=O)c1nc2ccccc2n1C(C)C. The fourth-order valence-corrected chi connectivity index (χ4v) is 4.46. The number of carbonyl (C=O) groups excluding carboxylic acids is 1. The zero-order chi connectivity index (χ0) is 21.4. The summed E-state index contributed by atoms with van der Waals surface area (Å²) in [4.78, 5) is 35.3. The van der Waals surface area contributed by atoms with Crippen LogP contribution >= 0.6 is 11.3 Å². The van der Waals surface area contributed by atoms with Gasteiger partial charge in [-0.25, -0.2) is 9.97 Å². The van der Waals surface area contributed by atoms with Gasteiger partial charge in [-0.15, -0.1) is 11.3 Å². The number of rotatable bonds is 6. The minimum atomic E-state index is -0.277. The first kappa shape index (κ1) is 20.3. The van der Waals surface area contributed by atoms with Crippen LogP contribution in [0.1, 0.15) is 45.6 Å². The number of amides is 1. The first-order valence-corrected chi connectivity index (χ1v) is 10.9. The minimum absolute atomic E-state index is 0.0806. The van der Waals surface area contributed by atoms with E-state index in [9.17, 15) is 9.59 Å². The van der Waals surface area contributed by atoms with Gasteiger partial charge in [-0.3, -0.25) is 14.2 Å². The van der Waals surface area contributed by atoms with Gasteiger partial charge >= 0.3 is 0 Å². The molecule has 3 aromatic heterocycles. The minimum Gasteiger partial charge on any atom is -0.344 e. The van der Waals surface area contributed by atoms with E-state index in [1.807, 2.05) is 29.6 Å². The summed E-state index contributed by atoms with van der Waals surface area (Å²) in [5.41, 5.74) is 1.75. The lowest BCUT2D eigenvalue weighted by molar-refractivity contribution is -0.122. The van der Waals surface area contributed by atoms with Crippen molar-refractivity contribution in [2.45, 2.75) is 46.3 Å². The second-order valence-electron chi connectivity index (χ2n) is 8.03. The molecule has 0 fully saturated rings. The molecule has 1 unspecified atom stereocenters. The van der Waals surface area contributed by atoms with E-state index in [4.69, 9.17) is 4.98 Å². The quantitative estimate of drug-likeness (QED) is 0.510. The molecule has 7 nitrogen and oxygen atoms in total. The van der Waals surface area contributed by atoms with Gasteiger partial charge in [-0.1, -0.05) is 26.0 Å². The number of carbonyl (C=O) groups is 1. The number of hydrogen-bond donors (Lipinski definition) is 1. The van der Waals surface area contributed by atoms with Crippen LogP contribution in [0.25, 0.3) is 21.3 Å². The van der Waals surface area contributed by atoms with Gasteiger partial charge in [-0.05, 0) is 43.3 Å². The Morgan fingerprint density at radius 1 is 1.17 bits per heavy atom. The number of para-hydroxylation sites is 2. The van der Waals surface area contributed by atoms with Gasteiger partial charge in [0.05, 0.1) is 28.8 Å². The molecule has 8 heteroatoms. The number of benzene rings is 1. The number of thiophene rings is 1. The van der Waals surface area contributed by atoms with Gasteiger partial charge in [-0.2, -0.15) is 0 Å². The number of imidazole rings is 1. The molecule has 0 saturated carbocycles. The van der Waals surface area contributed by atoms with Crippen molar-refractivity contribution in [3.8, 4) is 0 Å². The summed E-state index contributed by atoms with van der Waals surface area (Å²) in [5.74, 6) is 0.709. The highest BCUT2D eigenvalue weighted by molar-refractivity contribution is 7.16. The average Bonchev–Trinajstić information content (AvgIpc) is 3.32. The molecule has 1 atom stereocenters. The average molecular weight is 424 g/mol. The Morgan fingerprint density at radius 3 is 2.67 bits per heavy atom. The number of aromatic nitrogens is 4. The highest BCUT2D eigenvalue weighted by Crippen LogP contribution is 2.28. The smallest absolute Gasteiger partial charge is 0.262 e. The standard InChI is InChI=1S/C22H25N5O2S/c1-13(2)19(20-24-16-7-5-6-8-17(16)27(20)14(3)4)25-18(28)11-26-12-23-21-15(22(26)29)9-10-30-21/h5-10,12-14,19H,11H2,1-4H3,(H,25,28). The molecule has 0 aliphatic heterocycles. The fourth-order valence-electron chi connectivity index (χ4n) is 3.73. The Hall–Kier alpha value is -3.00. The molecule has 1 N–H and O–H groups in total. The van der Waals surface area contributed by atoms with Crippen LogP contribution in [0.5, 0.6) is 0 Å². The van der Waals surface area contributed by atoms with Crippen molar-refractivity contribution in [2.75, 3.05) is 0 Å². The number of fused-ring (bicyclic) bond motifs is 2. The van der Waals surface area contributed by atoms with Gasteiger partial charge in [0.1, 0.15) is 17.2 Å².